The lowest BCUT2D eigenvalue weighted by Gasteiger charge is -2.45. The number of nitrogens with one attached hydrogen (secondary N) is 1. The van der Waals surface area contributed by atoms with Crippen molar-refractivity contribution in [1.29, 1.82) is 0 Å². The van der Waals surface area contributed by atoms with Crippen LogP contribution in [-0.2, 0) is 17.8 Å². The maximum atomic E-state index is 13.8. The van der Waals surface area contributed by atoms with Gasteiger partial charge in [-0.15, -0.1) is 0 Å². The second-order valence-electron chi connectivity index (χ2n) is 9.55. The third kappa shape index (κ3) is 4.16. The molecular formula is C27H30ClN3O3. The highest BCUT2D eigenvalue weighted by Gasteiger charge is 2.48. The Bertz CT molecular complexity index is 1180. The van der Waals surface area contributed by atoms with Crippen molar-refractivity contribution in [3.05, 3.63) is 71.1 Å². The molecule has 1 N–H and O–H groups in total. The van der Waals surface area contributed by atoms with Gasteiger partial charge in [-0.25, -0.2) is 0 Å². The number of nitrogens with zero attached hydrogens (tertiary/aromatic N) is 2. The van der Waals surface area contributed by atoms with E-state index in [1.807, 2.05) is 60.0 Å². The first kappa shape index (κ1) is 22.8. The highest BCUT2D eigenvalue weighted by Crippen LogP contribution is 2.34. The van der Waals surface area contributed by atoms with Gasteiger partial charge in [0.05, 0.1) is 18.5 Å². The molecule has 1 atom stereocenters. The summed E-state index contributed by atoms with van der Waals surface area (Å²) in [6.45, 7) is 2.64. The van der Waals surface area contributed by atoms with Crippen LogP contribution in [0, 0.1) is 0 Å². The fraction of sp³-hybridized carbons (Fsp3) is 0.407. The van der Waals surface area contributed by atoms with Crippen molar-refractivity contribution in [2.45, 2.75) is 63.6 Å². The van der Waals surface area contributed by atoms with E-state index in [0.29, 0.717) is 36.0 Å². The van der Waals surface area contributed by atoms with Crippen LogP contribution in [0.15, 0.2) is 59.2 Å². The van der Waals surface area contributed by atoms with Gasteiger partial charge in [-0.05, 0) is 62.1 Å². The van der Waals surface area contributed by atoms with Gasteiger partial charge in [-0.2, -0.15) is 0 Å². The molecule has 1 aliphatic heterocycles. The topological polar surface area (TPSA) is 67.5 Å². The summed E-state index contributed by atoms with van der Waals surface area (Å²) in [6, 6.07) is 15.2. The number of carbonyl (C=O) groups is 2. The fourth-order valence-electron chi connectivity index (χ4n) is 5.28. The van der Waals surface area contributed by atoms with Crippen molar-refractivity contribution in [2.24, 2.45) is 0 Å². The third-order valence-corrected chi connectivity index (χ3v) is 7.64. The van der Waals surface area contributed by atoms with Crippen molar-refractivity contribution in [3.8, 4) is 11.5 Å². The van der Waals surface area contributed by atoms with Crippen molar-refractivity contribution >= 4 is 23.4 Å². The summed E-state index contributed by atoms with van der Waals surface area (Å²) in [5.74, 6) is 0.424. The van der Waals surface area contributed by atoms with Crippen LogP contribution in [-0.4, -0.2) is 39.4 Å². The molecule has 1 fully saturated rings. The molecule has 2 aromatic heterocycles. The van der Waals surface area contributed by atoms with Gasteiger partial charge in [0.15, 0.2) is 0 Å². The minimum absolute atomic E-state index is 0.100. The predicted octanol–water partition coefficient (Wildman–Crippen LogP) is 5.31. The van der Waals surface area contributed by atoms with Crippen molar-refractivity contribution in [3.63, 3.8) is 0 Å². The summed E-state index contributed by atoms with van der Waals surface area (Å²) >= 11 is 6.38. The van der Waals surface area contributed by atoms with Gasteiger partial charge in [0.1, 0.15) is 17.0 Å². The molecule has 0 spiro atoms. The minimum Gasteiger partial charge on any atom is -0.463 e. The summed E-state index contributed by atoms with van der Waals surface area (Å²) in [4.78, 5) is 29.3. The predicted molar refractivity (Wildman–Crippen MR) is 132 cm³/mol. The number of furan rings is 1. The number of amides is 2. The van der Waals surface area contributed by atoms with Gasteiger partial charge >= 0.3 is 0 Å². The van der Waals surface area contributed by atoms with Crippen molar-refractivity contribution in [2.75, 3.05) is 6.54 Å². The maximum absolute atomic E-state index is 13.8. The van der Waals surface area contributed by atoms with E-state index < -0.39 is 5.54 Å². The molecule has 178 valence electrons. The molecule has 3 aromatic rings. The first-order valence-electron chi connectivity index (χ1n) is 12.1. The number of aromatic nitrogens is 1. The van der Waals surface area contributed by atoms with Crippen molar-refractivity contribution < 1.29 is 14.0 Å². The number of hydrogen-bond donors (Lipinski definition) is 1. The molecular weight excluding hydrogens is 450 g/mol. The zero-order valence-electron chi connectivity index (χ0n) is 19.4. The Hall–Kier alpha value is -2.99. The van der Waals surface area contributed by atoms with Crippen LogP contribution >= 0.6 is 11.6 Å². The number of benzene rings is 1. The van der Waals surface area contributed by atoms with Crippen LogP contribution in [0.5, 0.6) is 0 Å². The lowest BCUT2D eigenvalue weighted by molar-refractivity contribution is -0.133. The van der Waals surface area contributed by atoms with E-state index in [4.69, 9.17) is 16.0 Å². The van der Waals surface area contributed by atoms with E-state index in [9.17, 15) is 9.59 Å². The third-order valence-electron chi connectivity index (χ3n) is 7.27. The lowest BCUT2D eigenvalue weighted by Crippen LogP contribution is -2.65. The standard InChI is InChI=1S/C27H30ClN3O3/c1-27(26(33)29-20-9-3-2-4-10-20)18-30-22(24-12-7-17-34-24)13-14-23(30)25(32)31(27)16-15-19-8-5-6-11-21(19)28/h5-8,11-14,17,20H,2-4,9-10,15-16,18H2,1H3,(H,29,33). The summed E-state index contributed by atoms with van der Waals surface area (Å²) in [5.41, 5.74) is 1.29. The zero-order valence-corrected chi connectivity index (χ0v) is 20.2. The Morgan fingerprint density at radius 3 is 2.59 bits per heavy atom. The van der Waals surface area contributed by atoms with E-state index >= 15 is 0 Å². The van der Waals surface area contributed by atoms with Crippen LogP contribution in [0.2, 0.25) is 5.02 Å². The smallest absolute Gasteiger partial charge is 0.271 e. The number of hydrogen-bond acceptors (Lipinski definition) is 3. The molecule has 1 aromatic carbocycles. The second-order valence-corrected chi connectivity index (χ2v) is 9.95. The van der Waals surface area contributed by atoms with E-state index in [-0.39, 0.29) is 17.9 Å². The van der Waals surface area contributed by atoms with E-state index in [0.717, 1.165) is 36.9 Å². The Kier molecular flexibility index (Phi) is 6.26. The summed E-state index contributed by atoms with van der Waals surface area (Å²) in [7, 11) is 0. The second kappa shape index (κ2) is 9.34. The van der Waals surface area contributed by atoms with Crippen LogP contribution in [0.4, 0.5) is 0 Å². The molecule has 1 saturated carbocycles. The van der Waals surface area contributed by atoms with Gasteiger partial charge in [-0.1, -0.05) is 49.1 Å². The number of halogens is 1. The van der Waals surface area contributed by atoms with Gasteiger partial charge < -0.3 is 19.2 Å². The highest BCUT2D eigenvalue weighted by molar-refractivity contribution is 6.31. The lowest BCUT2D eigenvalue weighted by atomic mass is 9.91. The summed E-state index contributed by atoms with van der Waals surface area (Å²) < 4.78 is 7.54. The highest BCUT2D eigenvalue weighted by atomic mass is 35.5. The minimum atomic E-state index is -1.04. The fourth-order valence-corrected chi connectivity index (χ4v) is 5.51. The van der Waals surface area contributed by atoms with Gasteiger partial charge in [0.25, 0.3) is 5.91 Å². The van der Waals surface area contributed by atoms with Gasteiger partial charge in [0.2, 0.25) is 5.91 Å². The van der Waals surface area contributed by atoms with E-state index in [1.165, 1.54) is 6.42 Å². The Labute approximate surface area is 204 Å². The van der Waals surface area contributed by atoms with Crippen LogP contribution in [0.25, 0.3) is 11.5 Å². The molecule has 0 saturated heterocycles. The first-order chi connectivity index (χ1) is 16.5. The van der Waals surface area contributed by atoms with E-state index in [1.54, 1.807) is 11.2 Å². The molecule has 5 rings (SSSR count). The molecule has 3 heterocycles. The molecule has 34 heavy (non-hydrogen) atoms. The average Bonchev–Trinajstić information content (AvgIpc) is 3.50. The maximum Gasteiger partial charge on any atom is 0.271 e. The largest absolute Gasteiger partial charge is 0.463 e. The Morgan fingerprint density at radius 2 is 1.85 bits per heavy atom. The molecule has 7 heteroatoms. The van der Waals surface area contributed by atoms with Gasteiger partial charge in [0, 0.05) is 17.6 Å². The SMILES string of the molecule is CC1(C(=O)NC2CCCCC2)Cn2c(ccc2-c2ccco2)C(=O)N1CCc1ccccc1Cl. The molecule has 6 nitrogen and oxygen atoms in total. The Morgan fingerprint density at radius 1 is 1.09 bits per heavy atom. The van der Waals surface area contributed by atoms with Crippen LogP contribution < -0.4 is 5.32 Å². The first-order valence-corrected chi connectivity index (χ1v) is 12.4. The number of carbonyl (C=O) groups excluding carboxylic acids is 2. The molecule has 0 radical (unpaired) electrons. The van der Waals surface area contributed by atoms with Crippen LogP contribution in [0.3, 0.4) is 0 Å². The molecule has 2 aliphatic rings. The quantitative estimate of drug-likeness (QED) is 0.521. The van der Waals surface area contributed by atoms with Crippen molar-refractivity contribution in [1.82, 2.24) is 14.8 Å². The molecule has 1 unspecified atom stereocenters. The van der Waals surface area contributed by atoms with Gasteiger partial charge in [-0.3, -0.25) is 9.59 Å². The molecule has 2 amide bonds. The Balaban J connectivity index is 1.48. The average molecular weight is 480 g/mol. The number of fused-ring (bicyclic) bond motifs is 1. The normalized spacial score (nSPS) is 20.9. The van der Waals surface area contributed by atoms with Crippen LogP contribution in [0.1, 0.15) is 55.1 Å². The van der Waals surface area contributed by atoms with E-state index in [2.05, 4.69) is 5.32 Å². The monoisotopic (exact) mass is 479 g/mol. The zero-order chi connectivity index (χ0) is 23.7. The summed E-state index contributed by atoms with van der Waals surface area (Å²) in [5, 5.41) is 3.94. The molecule has 1 aliphatic carbocycles. The number of rotatable bonds is 6. The molecule has 0 bridgehead atoms. The summed E-state index contributed by atoms with van der Waals surface area (Å²) in [6.07, 6.45) is 7.63.